The highest BCUT2D eigenvalue weighted by atomic mass is 16.5. The molecule has 16 heavy (non-hydrogen) atoms. The van der Waals surface area contributed by atoms with Crippen LogP contribution in [0, 0.1) is 0 Å². The van der Waals surface area contributed by atoms with Gasteiger partial charge in [-0.2, -0.15) is 0 Å². The fourth-order valence-electron chi connectivity index (χ4n) is 2.07. The van der Waals surface area contributed by atoms with Gasteiger partial charge in [0.15, 0.2) is 5.82 Å². The number of aromatic nitrogens is 2. The first-order valence-electron chi connectivity index (χ1n) is 5.52. The van der Waals surface area contributed by atoms with Crippen LogP contribution in [0.3, 0.4) is 0 Å². The summed E-state index contributed by atoms with van der Waals surface area (Å²) < 4.78 is 5.54. The van der Waals surface area contributed by atoms with E-state index in [1.165, 1.54) is 0 Å². The van der Waals surface area contributed by atoms with Gasteiger partial charge < -0.3 is 15.4 Å². The summed E-state index contributed by atoms with van der Waals surface area (Å²) in [6.45, 7) is 3.98. The topological polar surface area (TPSA) is 64.3 Å². The second-order valence-corrected chi connectivity index (χ2v) is 4.50. The number of nitrogen functional groups attached to an aromatic ring is 1. The summed E-state index contributed by atoms with van der Waals surface area (Å²) in [6.07, 6.45) is 2.19. The number of rotatable bonds is 2. The summed E-state index contributed by atoms with van der Waals surface area (Å²) in [7, 11) is 1.76. The Morgan fingerprint density at radius 2 is 2.25 bits per heavy atom. The van der Waals surface area contributed by atoms with Crippen LogP contribution >= 0.6 is 0 Å². The summed E-state index contributed by atoms with van der Waals surface area (Å²) in [6, 6.07) is 3.69. The maximum atomic E-state index is 5.54. The van der Waals surface area contributed by atoms with Gasteiger partial charge in [-0.15, -0.1) is 10.2 Å². The van der Waals surface area contributed by atoms with Crippen molar-refractivity contribution in [1.29, 1.82) is 0 Å². The molecule has 1 atom stereocenters. The van der Waals surface area contributed by atoms with Crippen molar-refractivity contribution >= 4 is 11.6 Å². The van der Waals surface area contributed by atoms with E-state index >= 15 is 0 Å². The van der Waals surface area contributed by atoms with Crippen LogP contribution in [-0.4, -0.2) is 36.0 Å². The standard InChI is InChI=1S/C11H18N4O/c1-11(16-2)6-3-7-15(8-11)10-5-4-9(12)13-14-10/h4-5H,3,6-8H2,1-2H3,(H2,12,13). The average molecular weight is 222 g/mol. The van der Waals surface area contributed by atoms with Crippen molar-refractivity contribution in [3.8, 4) is 0 Å². The van der Waals surface area contributed by atoms with Crippen molar-refractivity contribution in [2.24, 2.45) is 0 Å². The Bertz CT molecular complexity index is 354. The number of anilines is 2. The molecule has 1 aromatic heterocycles. The van der Waals surface area contributed by atoms with E-state index in [0.717, 1.165) is 31.7 Å². The lowest BCUT2D eigenvalue weighted by Crippen LogP contribution is -2.47. The van der Waals surface area contributed by atoms with Crippen molar-refractivity contribution in [1.82, 2.24) is 10.2 Å². The van der Waals surface area contributed by atoms with Crippen LogP contribution in [0.2, 0.25) is 0 Å². The highest BCUT2D eigenvalue weighted by Crippen LogP contribution is 2.26. The van der Waals surface area contributed by atoms with Crippen molar-refractivity contribution < 1.29 is 4.74 Å². The Labute approximate surface area is 95.6 Å². The van der Waals surface area contributed by atoms with Gasteiger partial charge in [-0.25, -0.2) is 0 Å². The zero-order valence-corrected chi connectivity index (χ0v) is 9.81. The third-order valence-corrected chi connectivity index (χ3v) is 3.15. The van der Waals surface area contributed by atoms with Crippen LogP contribution in [0.15, 0.2) is 12.1 Å². The summed E-state index contributed by atoms with van der Waals surface area (Å²) in [4.78, 5) is 2.19. The van der Waals surface area contributed by atoms with Gasteiger partial charge in [-0.3, -0.25) is 0 Å². The SMILES string of the molecule is COC1(C)CCCN(c2ccc(N)nn2)C1. The molecule has 1 saturated heterocycles. The summed E-state index contributed by atoms with van der Waals surface area (Å²) >= 11 is 0. The van der Waals surface area contributed by atoms with Gasteiger partial charge >= 0.3 is 0 Å². The summed E-state index contributed by atoms with van der Waals surface area (Å²) in [5.74, 6) is 1.33. The molecular formula is C11H18N4O. The molecule has 1 unspecified atom stereocenters. The highest BCUT2D eigenvalue weighted by molar-refractivity contribution is 5.42. The Kier molecular flexibility index (Phi) is 2.96. The lowest BCUT2D eigenvalue weighted by atomic mass is 9.95. The first-order chi connectivity index (χ1) is 7.63. The van der Waals surface area contributed by atoms with Crippen LogP contribution in [0.5, 0.6) is 0 Å². The summed E-state index contributed by atoms with van der Waals surface area (Å²) in [5.41, 5.74) is 5.44. The molecule has 0 amide bonds. The predicted molar refractivity (Wildman–Crippen MR) is 63.3 cm³/mol. The Morgan fingerprint density at radius 1 is 1.44 bits per heavy atom. The zero-order chi connectivity index (χ0) is 11.6. The fraction of sp³-hybridized carbons (Fsp3) is 0.636. The molecule has 0 aliphatic carbocycles. The van der Waals surface area contributed by atoms with E-state index in [9.17, 15) is 0 Å². The smallest absolute Gasteiger partial charge is 0.151 e. The third-order valence-electron chi connectivity index (χ3n) is 3.15. The Morgan fingerprint density at radius 3 is 2.88 bits per heavy atom. The molecule has 1 aliphatic heterocycles. The quantitative estimate of drug-likeness (QED) is 0.810. The van der Waals surface area contributed by atoms with Gasteiger partial charge in [-0.1, -0.05) is 0 Å². The normalized spacial score (nSPS) is 25.8. The van der Waals surface area contributed by atoms with Crippen molar-refractivity contribution in [2.75, 3.05) is 30.8 Å². The number of hydrogen-bond donors (Lipinski definition) is 1. The van der Waals surface area contributed by atoms with Crippen LogP contribution in [0.1, 0.15) is 19.8 Å². The Hall–Kier alpha value is -1.36. The molecule has 5 heteroatoms. The molecule has 1 aromatic rings. The lowest BCUT2D eigenvalue weighted by molar-refractivity contribution is -0.00484. The molecule has 1 fully saturated rings. The molecular weight excluding hydrogens is 204 g/mol. The van der Waals surface area contributed by atoms with E-state index in [4.69, 9.17) is 10.5 Å². The largest absolute Gasteiger partial charge is 0.382 e. The molecule has 0 radical (unpaired) electrons. The van der Waals surface area contributed by atoms with Gasteiger partial charge in [0.05, 0.1) is 5.60 Å². The molecule has 2 heterocycles. The minimum absolute atomic E-state index is 0.0820. The van der Waals surface area contributed by atoms with Gasteiger partial charge in [0.25, 0.3) is 0 Å². The van der Waals surface area contributed by atoms with E-state index < -0.39 is 0 Å². The van der Waals surface area contributed by atoms with Crippen molar-refractivity contribution in [2.45, 2.75) is 25.4 Å². The number of piperidine rings is 1. The molecule has 5 nitrogen and oxygen atoms in total. The second-order valence-electron chi connectivity index (χ2n) is 4.50. The van der Waals surface area contributed by atoms with Gasteiger partial charge in [0, 0.05) is 20.2 Å². The third kappa shape index (κ3) is 2.24. The van der Waals surface area contributed by atoms with Gasteiger partial charge in [0.2, 0.25) is 0 Å². The molecule has 88 valence electrons. The van der Waals surface area contributed by atoms with E-state index in [1.54, 1.807) is 13.2 Å². The molecule has 1 aliphatic rings. The van der Waals surface area contributed by atoms with Crippen LogP contribution in [0.4, 0.5) is 11.6 Å². The molecule has 0 bridgehead atoms. The zero-order valence-electron chi connectivity index (χ0n) is 9.81. The first kappa shape index (κ1) is 11.1. The Balaban J connectivity index is 2.12. The monoisotopic (exact) mass is 222 g/mol. The van der Waals surface area contributed by atoms with E-state index in [1.807, 2.05) is 6.07 Å². The fourth-order valence-corrected chi connectivity index (χ4v) is 2.07. The highest BCUT2D eigenvalue weighted by Gasteiger charge is 2.31. The van der Waals surface area contributed by atoms with Crippen LogP contribution in [0.25, 0.3) is 0 Å². The lowest BCUT2D eigenvalue weighted by Gasteiger charge is -2.39. The molecule has 2 N–H and O–H groups in total. The minimum atomic E-state index is -0.0820. The number of hydrogen-bond acceptors (Lipinski definition) is 5. The first-order valence-corrected chi connectivity index (χ1v) is 5.52. The summed E-state index contributed by atoms with van der Waals surface area (Å²) in [5, 5.41) is 7.97. The number of nitrogens with two attached hydrogens (primary N) is 1. The van der Waals surface area contributed by atoms with Crippen molar-refractivity contribution in [3.05, 3.63) is 12.1 Å². The maximum absolute atomic E-state index is 5.54. The van der Waals surface area contributed by atoms with Crippen LogP contribution in [-0.2, 0) is 4.74 Å². The van der Waals surface area contributed by atoms with Crippen LogP contribution < -0.4 is 10.6 Å². The number of nitrogens with zero attached hydrogens (tertiary/aromatic N) is 3. The van der Waals surface area contributed by atoms with Crippen molar-refractivity contribution in [3.63, 3.8) is 0 Å². The maximum Gasteiger partial charge on any atom is 0.151 e. The van der Waals surface area contributed by atoms with E-state index in [2.05, 4.69) is 22.0 Å². The number of methoxy groups -OCH3 is 1. The molecule has 2 rings (SSSR count). The van der Waals surface area contributed by atoms with Gasteiger partial charge in [-0.05, 0) is 31.9 Å². The molecule has 0 spiro atoms. The predicted octanol–water partition coefficient (Wildman–Crippen LogP) is 1.06. The van der Waals surface area contributed by atoms with E-state index in [0.29, 0.717) is 5.82 Å². The molecule has 0 aromatic carbocycles. The van der Waals surface area contributed by atoms with Gasteiger partial charge in [0.1, 0.15) is 5.82 Å². The molecule has 0 saturated carbocycles. The van der Waals surface area contributed by atoms with E-state index in [-0.39, 0.29) is 5.60 Å². The number of ether oxygens (including phenoxy) is 1. The average Bonchev–Trinajstić information content (AvgIpc) is 2.30. The minimum Gasteiger partial charge on any atom is -0.382 e. The second kappa shape index (κ2) is 4.25.